The average molecular weight is 536 g/mol. The van der Waals surface area contributed by atoms with Crippen LogP contribution < -0.4 is 10.0 Å². The number of anilines is 1. The van der Waals surface area contributed by atoms with Gasteiger partial charge in [-0.15, -0.1) is 0 Å². The Bertz CT molecular complexity index is 1510. The van der Waals surface area contributed by atoms with E-state index in [0.29, 0.717) is 47.3 Å². The van der Waals surface area contributed by atoms with Crippen molar-refractivity contribution >= 4 is 38.5 Å². The summed E-state index contributed by atoms with van der Waals surface area (Å²) in [4.78, 5) is 27.0. The molecule has 4 rings (SSSR count). The van der Waals surface area contributed by atoms with Crippen LogP contribution in [0.2, 0.25) is 0 Å². The summed E-state index contributed by atoms with van der Waals surface area (Å²) in [5.74, 6) is 0.0433. The number of hydrogen-bond acceptors (Lipinski definition) is 5. The highest BCUT2D eigenvalue weighted by atomic mass is 32.2. The molecular weight excluding hydrogens is 502 g/mol. The second-order valence-corrected chi connectivity index (χ2v) is 12.1. The molecule has 0 saturated carbocycles. The smallest absolute Gasteiger partial charge is 0.414 e. The molecule has 0 radical (unpaired) electrons. The Morgan fingerprint density at radius 2 is 1.68 bits per heavy atom. The van der Waals surface area contributed by atoms with Crippen LogP contribution in [0.1, 0.15) is 43.1 Å². The molecule has 3 aromatic carbocycles. The predicted octanol–water partition coefficient (Wildman–Crippen LogP) is 5.45. The van der Waals surface area contributed by atoms with Gasteiger partial charge in [-0.2, -0.15) is 0 Å². The van der Waals surface area contributed by atoms with E-state index >= 15 is 0 Å². The minimum Gasteiger partial charge on any atom is -0.416 e. The van der Waals surface area contributed by atoms with Crippen molar-refractivity contribution in [1.29, 1.82) is 0 Å². The first-order valence-electron chi connectivity index (χ1n) is 12.4. The molecule has 9 heteroatoms. The normalized spacial score (nSPS) is 17.2. The summed E-state index contributed by atoms with van der Waals surface area (Å²) in [5, 5.41) is 4.06. The third kappa shape index (κ3) is 5.74. The molecule has 1 heterocycles. The van der Waals surface area contributed by atoms with Crippen molar-refractivity contribution in [2.24, 2.45) is 5.41 Å². The van der Waals surface area contributed by atoms with Crippen molar-refractivity contribution in [3.05, 3.63) is 84.1 Å². The lowest BCUT2D eigenvalue weighted by Gasteiger charge is -2.43. The van der Waals surface area contributed by atoms with Crippen LogP contribution in [0, 0.1) is 12.3 Å². The molecule has 8 nitrogen and oxygen atoms in total. The number of ether oxygens (including phenoxy) is 1. The van der Waals surface area contributed by atoms with Crippen LogP contribution in [-0.4, -0.2) is 44.4 Å². The van der Waals surface area contributed by atoms with Crippen molar-refractivity contribution < 1.29 is 22.7 Å². The van der Waals surface area contributed by atoms with Crippen LogP contribution in [0.4, 0.5) is 10.5 Å². The van der Waals surface area contributed by atoms with Gasteiger partial charge in [-0.25, -0.2) is 17.9 Å². The molecule has 0 aliphatic carbocycles. The molecule has 0 spiro atoms. The molecule has 2 N–H and O–H groups in total. The van der Waals surface area contributed by atoms with E-state index in [-0.39, 0.29) is 10.8 Å². The number of piperidine rings is 1. The van der Waals surface area contributed by atoms with E-state index in [0.717, 1.165) is 5.56 Å². The first kappa shape index (κ1) is 27.3. The van der Waals surface area contributed by atoms with Gasteiger partial charge in [-0.05, 0) is 49.4 Å². The van der Waals surface area contributed by atoms with Gasteiger partial charge in [0.25, 0.3) is 5.91 Å². The molecule has 1 aliphatic rings. The van der Waals surface area contributed by atoms with Crippen LogP contribution in [-0.2, 0) is 14.8 Å². The van der Waals surface area contributed by atoms with Crippen LogP contribution in [0.3, 0.4) is 0 Å². The number of rotatable bonds is 6. The molecule has 0 bridgehead atoms. The highest BCUT2D eigenvalue weighted by molar-refractivity contribution is 7.89. The monoisotopic (exact) mass is 535 g/mol. The number of carbonyl (C=O) groups is 2. The highest BCUT2D eigenvalue weighted by Crippen LogP contribution is 2.34. The van der Waals surface area contributed by atoms with Gasteiger partial charge in [-0.1, -0.05) is 62.9 Å². The number of allylic oxidation sites excluding steroid dienone is 1. The third-order valence-electron chi connectivity index (χ3n) is 6.86. The Kier molecular flexibility index (Phi) is 7.62. The van der Waals surface area contributed by atoms with Gasteiger partial charge in [0.1, 0.15) is 0 Å². The van der Waals surface area contributed by atoms with Gasteiger partial charge in [-0.3, -0.25) is 4.79 Å². The van der Waals surface area contributed by atoms with E-state index in [4.69, 9.17) is 4.74 Å². The first-order chi connectivity index (χ1) is 17.9. The maximum absolute atomic E-state index is 13.6. The minimum absolute atomic E-state index is 0.127. The Balaban J connectivity index is 1.59. The van der Waals surface area contributed by atoms with E-state index in [1.54, 1.807) is 54.3 Å². The maximum Gasteiger partial charge on any atom is 0.414 e. The molecule has 0 aromatic heterocycles. The zero-order valence-electron chi connectivity index (χ0n) is 22.1. The summed E-state index contributed by atoms with van der Waals surface area (Å²) in [6, 6.07) is 17.1. The number of nitrogens with one attached hydrogen (secondary N) is 2. The Morgan fingerprint density at radius 1 is 1.03 bits per heavy atom. The Hall–Kier alpha value is -3.69. The van der Waals surface area contributed by atoms with Gasteiger partial charge in [0.15, 0.2) is 0 Å². The number of carbonyl (C=O) groups excluding carboxylic acids is 2. The number of benzene rings is 3. The molecule has 1 unspecified atom stereocenters. The third-order valence-corrected chi connectivity index (χ3v) is 8.39. The highest BCUT2D eigenvalue weighted by Gasteiger charge is 2.40. The van der Waals surface area contributed by atoms with Crippen molar-refractivity contribution in [1.82, 2.24) is 9.62 Å². The van der Waals surface area contributed by atoms with Gasteiger partial charge in [0.05, 0.1) is 10.7 Å². The lowest BCUT2D eigenvalue weighted by molar-refractivity contribution is 0.0697. The molecule has 1 fully saturated rings. The molecule has 1 aliphatic heterocycles. The summed E-state index contributed by atoms with van der Waals surface area (Å²) < 4.78 is 35.3. The number of aryl methyl sites for hydroxylation is 1. The fourth-order valence-electron chi connectivity index (χ4n) is 4.83. The Morgan fingerprint density at radius 3 is 2.34 bits per heavy atom. The maximum atomic E-state index is 13.6. The van der Waals surface area contributed by atoms with E-state index in [1.165, 1.54) is 6.07 Å². The van der Waals surface area contributed by atoms with E-state index in [9.17, 15) is 18.0 Å². The first-order valence-corrected chi connectivity index (χ1v) is 13.9. The summed E-state index contributed by atoms with van der Waals surface area (Å²) in [7, 11) is -3.93. The molecule has 1 saturated heterocycles. The van der Waals surface area contributed by atoms with Crippen LogP contribution in [0.15, 0.2) is 77.9 Å². The predicted molar refractivity (Wildman–Crippen MR) is 148 cm³/mol. The zero-order valence-corrected chi connectivity index (χ0v) is 22.9. The number of nitrogens with zero attached hydrogens (tertiary/aromatic N) is 1. The van der Waals surface area contributed by atoms with Crippen LogP contribution in [0.25, 0.3) is 10.8 Å². The molecule has 200 valence electrons. The number of fused-ring (bicyclic) bond motifs is 1. The largest absolute Gasteiger partial charge is 0.416 e. The van der Waals surface area contributed by atoms with Gasteiger partial charge < -0.3 is 15.0 Å². The van der Waals surface area contributed by atoms with Crippen molar-refractivity contribution in [3.8, 4) is 0 Å². The number of amides is 2. The van der Waals surface area contributed by atoms with Crippen LogP contribution in [0.5, 0.6) is 0 Å². The summed E-state index contributed by atoms with van der Waals surface area (Å²) in [5.41, 5.74) is 1.38. The van der Waals surface area contributed by atoms with Gasteiger partial charge >= 0.3 is 6.09 Å². The summed E-state index contributed by atoms with van der Waals surface area (Å²) in [6.45, 7) is 11.6. The quantitative estimate of drug-likeness (QED) is 0.409. The van der Waals surface area contributed by atoms with Crippen molar-refractivity contribution in [2.75, 3.05) is 18.4 Å². The van der Waals surface area contributed by atoms with E-state index in [2.05, 4.69) is 16.6 Å². The molecule has 38 heavy (non-hydrogen) atoms. The fourth-order valence-corrected chi connectivity index (χ4v) is 6.48. The average Bonchev–Trinajstić information content (AvgIpc) is 2.85. The minimum atomic E-state index is -3.93. The second kappa shape index (κ2) is 10.6. The fraction of sp³-hybridized carbons (Fsp3) is 0.310. The lowest BCUT2D eigenvalue weighted by atomic mass is 9.80. The lowest BCUT2D eigenvalue weighted by Crippen LogP contribution is -2.56. The van der Waals surface area contributed by atoms with Crippen LogP contribution >= 0.6 is 0 Å². The standard InChI is InChI=1S/C29H33N3O5S/c1-19(2)37-28(34)32-17-16-26(29(4,5)18-32)31-38(35,36)25-15-14-24(22-12-8-9-13-23(22)25)30-27(33)21-11-7-6-10-20(21)3/h6-15,26,31H,1,16-18H2,2-5H3,(H,30,33). The SMILES string of the molecule is C=C(C)OC(=O)N1CCC(NS(=O)(=O)c2ccc(NC(=O)c3ccccc3C)c3ccccc23)C(C)(C)C1. The zero-order chi connectivity index (χ0) is 27.7. The second-order valence-electron chi connectivity index (χ2n) is 10.4. The summed E-state index contributed by atoms with van der Waals surface area (Å²) >= 11 is 0. The molecular formula is C29H33N3O5S. The number of hydrogen-bond donors (Lipinski definition) is 2. The molecule has 3 aromatic rings. The molecule has 2 amide bonds. The van der Waals surface area contributed by atoms with Crippen molar-refractivity contribution in [3.63, 3.8) is 0 Å². The Labute approximate surface area is 223 Å². The summed E-state index contributed by atoms with van der Waals surface area (Å²) in [6.07, 6.45) is -0.0544. The molecule has 1 atom stereocenters. The van der Waals surface area contributed by atoms with E-state index in [1.807, 2.05) is 32.9 Å². The van der Waals surface area contributed by atoms with Crippen molar-refractivity contribution in [2.45, 2.75) is 45.1 Å². The number of likely N-dealkylation sites (tertiary alicyclic amines) is 1. The van der Waals surface area contributed by atoms with Gasteiger partial charge in [0, 0.05) is 41.2 Å². The van der Waals surface area contributed by atoms with E-state index < -0.39 is 27.6 Å². The van der Waals surface area contributed by atoms with Gasteiger partial charge in [0.2, 0.25) is 10.0 Å². The topological polar surface area (TPSA) is 105 Å². The number of sulfonamides is 1.